The number of rotatable bonds is 5. The summed E-state index contributed by atoms with van der Waals surface area (Å²) in [5.41, 5.74) is -0.102. The molecule has 1 aromatic heterocycles. The minimum Gasteiger partial charge on any atom is -0.481 e. The van der Waals surface area contributed by atoms with E-state index in [0.717, 1.165) is 31.5 Å². The summed E-state index contributed by atoms with van der Waals surface area (Å²) in [4.78, 5) is 26.8. The Kier molecular flexibility index (Phi) is 6.31. The average molecular weight is 433 g/mol. The fourth-order valence-corrected chi connectivity index (χ4v) is 4.62. The van der Waals surface area contributed by atoms with Gasteiger partial charge in [-0.2, -0.15) is 0 Å². The number of benzene rings is 1. The molecule has 2 aromatic rings. The first-order chi connectivity index (χ1) is 14.9. The lowest BCUT2D eigenvalue weighted by Gasteiger charge is -2.42. The smallest absolute Gasteiger partial charge is 0.309 e. The molecular weight excluding hydrogens is 408 g/mol. The number of carboxylic acid groups (broad SMARTS) is 1. The van der Waals surface area contributed by atoms with E-state index in [-0.39, 0.29) is 17.0 Å². The molecule has 2 atom stereocenters. The molecule has 0 spiro atoms. The molecule has 7 nitrogen and oxygen atoms in total. The predicted octanol–water partition coefficient (Wildman–Crippen LogP) is 3.46. The zero-order valence-corrected chi connectivity index (χ0v) is 17.0. The van der Waals surface area contributed by atoms with Gasteiger partial charge in [-0.05, 0) is 31.4 Å². The Balaban J connectivity index is 1.43. The number of nitrogens with one attached hydrogen (secondary N) is 1. The van der Waals surface area contributed by atoms with Crippen LogP contribution in [0.4, 0.5) is 8.78 Å². The molecule has 2 unspecified atom stereocenters. The van der Waals surface area contributed by atoms with Crippen molar-refractivity contribution in [3.8, 4) is 11.3 Å². The van der Waals surface area contributed by atoms with Crippen molar-refractivity contribution in [3.05, 3.63) is 41.6 Å². The number of halogens is 2. The number of carbonyl (C=O) groups is 2. The van der Waals surface area contributed by atoms with Crippen molar-refractivity contribution in [1.29, 1.82) is 0 Å². The van der Waals surface area contributed by atoms with Crippen LogP contribution in [0, 0.1) is 17.6 Å². The number of hydrogen-bond donors (Lipinski definition) is 2. The van der Waals surface area contributed by atoms with E-state index in [1.807, 2.05) is 0 Å². The molecule has 1 aromatic carbocycles. The van der Waals surface area contributed by atoms with E-state index in [2.05, 4.69) is 15.4 Å². The molecule has 31 heavy (non-hydrogen) atoms. The molecular formula is C22H25F2N3O4. The molecule has 2 aliphatic rings. The lowest BCUT2D eigenvalue weighted by atomic mass is 9.87. The molecule has 4 rings (SSSR count). The molecule has 9 heteroatoms. The Labute approximate surface area is 178 Å². The Morgan fingerprint density at radius 3 is 2.61 bits per heavy atom. The van der Waals surface area contributed by atoms with Gasteiger partial charge in [-0.1, -0.05) is 24.4 Å². The first kappa shape index (κ1) is 21.4. The van der Waals surface area contributed by atoms with Gasteiger partial charge in [0.05, 0.1) is 11.5 Å². The van der Waals surface area contributed by atoms with Gasteiger partial charge in [-0.15, -0.1) is 0 Å². The van der Waals surface area contributed by atoms with Gasteiger partial charge in [0.15, 0.2) is 11.5 Å². The highest BCUT2D eigenvalue weighted by Crippen LogP contribution is 2.28. The van der Waals surface area contributed by atoms with Gasteiger partial charge < -0.3 is 14.9 Å². The number of piperidine rings is 1. The summed E-state index contributed by atoms with van der Waals surface area (Å²) in [5.74, 6) is -3.81. The van der Waals surface area contributed by atoms with Gasteiger partial charge in [-0.25, -0.2) is 8.78 Å². The lowest BCUT2D eigenvalue weighted by Crippen LogP contribution is -2.56. The zero-order valence-electron chi connectivity index (χ0n) is 17.0. The maximum absolute atomic E-state index is 14.0. The van der Waals surface area contributed by atoms with Crippen LogP contribution in [-0.2, 0) is 4.79 Å². The van der Waals surface area contributed by atoms with Crippen molar-refractivity contribution in [2.24, 2.45) is 5.92 Å². The largest absolute Gasteiger partial charge is 0.481 e. The van der Waals surface area contributed by atoms with Gasteiger partial charge in [0.25, 0.3) is 5.91 Å². The van der Waals surface area contributed by atoms with Crippen LogP contribution in [0.2, 0.25) is 0 Å². The van der Waals surface area contributed by atoms with E-state index in [1.54, 1.807) is 0 Å². The van der Waals surface area contributed by atoms with E-state index in [1.165, 1.54) is 31.4 Å². The van der Waals surface area contributed by atoms with Gasteiger partial charge in [0, 0.05) is 37.3 Å². The summed E-state index contributed by atoms with van der Waals surface area (Å²) in [6.07, 6.45) is 6.27. The van der Waals surface area contributed by atoms with Gasteiger partial charge in [-0.3, -0.25) is 14.5 Å². The summed E-state index contributed by atoms with van der Waals surface area (Å²) < 4.78 is 32.1. The second-order valence-corrected chi connectivity index (χ2v) is 8.30. The molecule has 2 fully saturated rings. The highest BCUT2D eigenvalue weighted by Gasteiger charge is 2.38. The average Bonchev–Trinajstić information content (AvgIpc) is 3.24. The van der Waals surface area contributed by atoms with Crippen molar-refractivity contribution in [2.75, 3.05) is 13.1 Å². The highest BCUT2D eigenvalue weighted by atomic mass is 19.1. The van der Waals surface area contributed by atoms with Crippen LogP contribution >= 0.6 is 0 Å². The quantitative estimate of drug-likeness (QED) is 0.750. The maximum atomic E-state index is 14.0. The molecule has 2 N–H and O–H groups in total. The number of likely N-dealkylation sites (tertiary alicyclic amines) is 1. The number of carboxylic acids is 1. The first-order valence-corrected chi connectivity index (χ1v) is 10.6. The van der Waals surface area contributed by atoms with Crippen LogP contribution in [-0.4, -0.2) is 52.2 Å². The normalized spacial score (nSPS) is 22.9. The summed E-state index contributed by atoms with van der Waals surface area (Å²) in [6, 6.07) is 4.14. The molecule has 1 aliphatic heterocycles. The van der Waals surface area contributed by atoms with Crippen LogP contribution in [0.25, 0.3) is 11.3 Å². The number of nitrogens with zero attached hydrogens (tertiary/aromatic N) is 2. The van der Waals surface area contributed by atoms with Crippen LogP contribution in [0.5, 0.6) is 0 Å². The highest BCUT2D eigenvalue weighted by molar-refractivity contribution is 5.93. The second-order valence-electron chi connectivity index (χ2n) is 8.30. The number of hydrogen-bond acceptors (Lipinski definition) is 5. The van der Waals surface area contributed by atoms with Crippen LogP contribution in [0.15, 0.2) is 28.8 Å². The fourth-order valence-electron chi connectivity index (χ4n) is 4.62. The van der Waals surface area contributed by atoms with Crippen LogP contribution in [0.3, 0.4) is 0 Å². The minimum absolute atomic E-state index is 0.00967. The molecule has 166 valence electrons. The lowest BCUT2D eigenvalue weighted by molar-refractivity contribution is -0.145. The van der Waals surface area contributed by atoms with Gasteiger partial charge in [0.1, 0.15) is 11.6 Å². The summed E-state index contributed by atoms with van der Waals surface area (Å²) in [5, 5.41) is 16.2. The van der Waals surface area contributed by atoms with E-state index >= 15 is 0 Å². The third-order valence-electron chi connectivity index (χ3n) is 6.31. The third kappa shape index (κ3) is 4.76. The molecule has 1 saturated carbocycles. The topological polar surface area (TPSA) is 95.7 Å². The standard InChI is InChI=1S/C22H25F2N3O4/c23-13-6-7-15(17(24)10-13)20-11-19(26-31-20)21(28)25-18-8-9-27(12-16(18)22(29)30)14-4-2-1-3-5-14/h6-7,10-11,14,16,18H,1-5,8-9,12H2,(H,25,28)(H,29,30). The molecule has 1 saturated heterocycles. The van der Waals surface area contributed by atoms with Crippen molar-refractivity contribution in [1.82, 2.24) is 15.4 Å². The van der Waals surface area contributed by atoms with Crippen LogP contribution in [0.1, 0.15) is 49.0 Å². The Hall–Kier alpha value is -2.81. The van der Waals surface area contributed by atoms with Gasteiger partial charge in [0.2, 0.25) is 0 Å². The van der Waals surface area contributed by atoms with E-state index in [9.17, 15) is 23.5 Å². The predicted molar refractivity (Wildman–Crippen MR) is 107 cm³/mol. The minimum atomic E-state index is -0.944. The third-order valence-corrected chi connectivity index (χ3v) is 6.31. The molecule has 1 aliphatic carbocycles. The molecule has 1 amide bonds. The Bertz CT molecular complexity index is 958. The number of carbonyl (C=O) groups excluding carboxylic acids is 1. The summed E-state index contributed by atoms with van der Waals surface area (Å²) in [6.45, 7) is 1.13. The summed E-state index contributed by atoms with van der Waals surface area (Å²) >= 11 is 0. The Morgan fingerprint density at radius 2 is 1.90 bits per heavy atom. The van der Waals surface area contributed by atoms with Crippen LogP contribution < -0.4 is 5.32 Å². The molecule has 0 bridgehead atoms. The van der Waals surface area contributed by atoms with Crippen molar-refractivity contribution in [2.45, 2.75) is 50.6 Å². The Morgan fingerprint density at radius 1 is 1.13 bits per heavy atom. The molecule has 0 radical (unpaired) electrons. The fraction of sp³-hybridized carbons (Fsp3) is 0.500. The first-order valence-electron chi connectivity index (χ1n) is 10.6. The van der Waals surface area contributed by atoms with Crippen molar-refractivity contribution in [3.63, 3.8) is 0 Å². The number of amides is 1. The number of aliphatic carboxylic acids is 1. The van der Waals surface area contributed by atoms with Crippen molar-refractivity contribution < 1.29 is 28.0 Å². The second kappa shape index (κ2) is 9.13. The van der Waals surface area contributed by atoms with E-state index in [0.29, 0.717) is 19.0 Å². The van der Waals surface area contributed by atoms with E-state index in [4.69, 9.17) is 4.52 Å². The number of aromatic nitrogens is 1. The summed E-state index contributed by atoms with van der Waals surface area (Å²) in [7, 11) is 0. The monoisotopic (exact) mass is 433 g/mol. The van der Waals surface area contributed by atoms with Gasteiger partial charge >= 0.3 is 5.97 Å². The SMILES string of the molecule is O=C(NC1CCN(C2CCCCC2)CC1C(=O)O)c1cc(-c2ccc(F)cc2F)on1. The zero-order chi connectivity index (χ0) is 22.0. The maximum Gasteiger partial charge on any atom is 0.309 e. The molecule has 2 heterocycles. The van der Waals surface area contributed by atoms with E-state index < -0.39 is 35.5 Å². The van der Waals surface area contributed by atoms with Crippen molar-refractivity contribution >= 4 is 11.9 Å².